The van der Waals surface area contributed by atoms with Crippen LogP contribution in [-0.4, -0.2) is 19.5 Å². The standard InChI is InChI=1S/C7H9O2/c1-3-4-5-7(6-8)9-2/h6-7H,4-5H2,2H3. The molecule has 0 spiro atoms. The fourth-order valence-corrected chi connectivity index (χ4v) is 0.456. The summed E-state index contributed by atoms with van der Waals surface area (Å²) in [5, 5.41) is 0. The van der Waals surface area contributed by atoms with Gasteiger partial charge in [0.1, 0.15) is 12.4 Å². The normalized spacial score (nSPS) is 12.0. The average molecular weight is 125 g/mol. The number of methoxy groups -OCH3 is 1. The summed E-state index contributed by atoms with van der Waals surface area (Å²) < 4.78 is 4.71. The van der Waals surface area contributed by atoms with Crippen LogP contribution in [0.2, 0.25) is 0 Å². The quantitative estimate of drug-likeness (QED) is 0.405. The van der Waals surface area contributed by atoms with Gasteiger partial charge >= 0.3 is 0 Å². The first-order valence-corrected chi connectivity index (χ1v) is 2.72. The summed E-state index contributed by atoms with van der Waals surface area (Å²) in [4.78, 5) is 10.0. The van der Waals surface area contributed by atoms with Crippen molar-refractivity contribution in [2.45, 2.75) is 18.9 Å². The molecule has 0 saturated heterocycles. The molecule has 0 aliphatic carbocycles. The Bertz CT molecular complexity index is 113. The molecule has 9 heavy (non-hydrogen) atoms. The van der Waals surface area contributed by atoms with Gasteiger partial charge in [-0.05, 0) is 12.8 Å². The van der Waals surface area contributed by atoms with Gasteiger partial charge in [0.2, 0.25) is 0 Å². The maximum absolute atomic E-state index is 10.0. The van der Waals surface area contributed by atoms with Crippen molar-refractivity contribution in [2.24, 2.45) is 0 Å². The first kappa shape index (κ1) is 8.19. The van der Waals surface area contributed by atoms with E-state index >= 15 is 0 Å². The second-order valence-electron chi connectivity index (χ2n) is 1.63. The summed E-state index contributed by atoms with van der Waals surface area (Å²) in [6, 6.07) is 0. The summed E-state index contributed by atoms with van der Waals surface area (Å²) in [5.41, 5.74) is 0. The molecule has 1 atom stereocenters. The van der Waals surface area contributed by atoms with E-state index in [0.717, 1.165) is 6.29 Å². The summed E-state index contributed by atoms with van der Waals surface area (Å²) in [5.74, 6) is 2.18. The van der Waals surface area contributed by atoms with Crippen LogP contribution in [0.25, 0.3) is 0 Å². The fourth-order valence-electron chi connectivity index (χ4n) is 0.456. The van der Waals surface area contributed by atoms with Crippen molar-refractivity contribution < 1.29 is 9.53 Å². The van der Waals surface area contributed by atoms with Crippen molar-refractivity contribution in [1.29, 1.82) is 0 Å². The van der Waals surface area contributed by atoms with Crippen LogP contribution in [0.3, 0.4) is 0 Å². The van der Waals surface area contributed by atoms with E-state index < -0.39 is 0 Å². The summed E-state index contributed by atoms with van der Waals surface area (Å²) >= 11 is 0. The molecule has 0 aromatic carbocycles. The molecule has 0 amide bonds. The van der Waals surface area contributed by atoms with E-state index in [1.165, 1.54) is 7.11 Å². The van der Waals surface area contributed by atoms with E-state index in [1.807, 2.05) is 0 Å². The van der Waals surface area contributed by atoms with Crippen LogP contribution in [0, 0.1) is 12.3 Å². The topological polar surface area (TPSA) is 26.3 Å². The van der Waals surface area contributed by atoms with Crippen molar-refractivity contribution in [2.75, 3.05) is 7.11 Å². The van der Waals surface area contributed by atoms with E-state index in [4.69, 9.17) is 11.2 Å². The maximum atomic E-state index is 10.0. The van der Waals surface area contributed by atoms with Gasteiger partial charge in [0.15, 0.2) is 0 Å². The second-order valence-corrected chi connectivity index (χ2v) is 1.63. The number of carbonyl (C=O) groups excluding carboxylic acids is 1. The Hall–Kier alpha value is -0.810. The zero-order valence-corrected chi connectivity index (χ0v) is 5.39. The molecule has 1 unspecified atom stereocenters. The van der Waals surface area contributed by atoms with E-state index in [9.17, 15) is 4.79 Å². The van der Waals surface area contributed by atoms with E-state index in [2.05, 4.69) is 5.92 Å². The Labute approximate surface area is 55.2 Å². The smallest absolute Gasteiger partial charge is 0.148 e. The van der Waals surface area contributed by atoms with Gasteiger partial charge in [-0.2, -0.15) is 0 Å². The Morgan fingerprint density at radius 2 is 2.56 bits per heavy atom. The van der Waals surface area contributed by atoms with E-state index in [0.29, 0.717) is 12.8 Å². The Kier molecular flexibility index (Phi) is 4.85. The van der Waals surface area contributed by atoms with Gasteiger partial charge in [-0.1, -0.05) is 5.92 Å². The van der Waals surface area contributed by atoms with Crippen molar-refractivity contribution >= 4 is 6.29 Å². The Morgan fingerprint density at radius 3 is 2.89 bits per heavy atom. The predicted molar refractivity (Wildman–Crippen MR) is 33.2 cm³/mol. The SMILES string of the molecule is [C]#CCCC(C=O)OC. The second kappa shape index (κ2) is 5.33. The zero-order chi connectivity index (χ0) is 7.11. The Morgan fingerprint density at radius 1 is 1.89 bits per heavy atom. The lowest BCUT2D eigenvalue weighted by Crippen LogP contribution is -2.10. The molecule has 0 aromatic rings. The molecular weight excluding hydrogens is 116 g/mol. The van der Waals surface area contributed by atoms with Gasteiger partial charge in [-0.3, -0.25) is 0 Å². The first-order chi connectivity index (χ1) is 4.35. The average Bonchev–Trinajstić information content (AvgIpc) is 1.91. The number of rotatable bonds is 4. The monoisotopic (exact) mass is 125 g/mol. The summed E-state index contributed by atoms with van der Waals surface area (Å²) in [7, 11) is 1.48. The van der Waals surface area contributed by atoms with Crippen LogP contribution in [0.15, 0.2) is 0 Å². The van der Waals surface area contributed by atoms with Crippen molar-refractivity contribution in [3.8, 4) is 5.92 Å². The minimum atomic E-state index is -0.358. The molecule has 1 radical (unpaired) electrons. The van der Waals surface area contributed by atoms with Gasteiger partial charge in [0.25, 0.3) is 0 Å². The van der Waals surface area contributed by atoms with Gasteiger partial charge in [-0.25, -0.2) is 0 Å². The zero-order valence-electron chi connectivity index (χ0n) is 5.39. The lowest BCUT2D eigenvalue weighted by molar-refractivity contribution is -0.116. The molecule has 2 nitrogen and oxygen atoms in total. The largest absolute Gasteiger partial charge is 0.374 e. The van der Waals surface area contributed by atoms with Crippen molar-refractivity contribution in [3.63, 3.8) is 0 Å². The van der Waals surface area contributed by atoms with Crippen LogP contribution >= 0.6 is 0 Å². The van der Waals surface area contributed by atoms with E-state index in [1.54, 1.807) is 0 Å². The summed E-state index contributed by atoms with van der Waals surface area (Å²) in [6.07, 6.45) is 7.94. The maximum Gasteiger partial charge on any atom is 0.148 e. The highest BCUT2D eigenvalue weighted by Gasteiger charge is 2.01. The predicted octanol–water partition coefficient (Wildman–Crippen LogP) is 0.570. The molecule has 49 valence electrons. The highest BCUT2D eigenvalue weighted by Crippen LogP contribution is 1.95. The third-order valence-electron chi connectivity index (χ3n) is 1.01. The minimum absolute atomic E-state index is 0.358. The molecule has 2 heteroatoms. The molecule has 0 aromatic heterocycles. The highest BCUT2D eigenvalue weighted by molar-refractivity contribution is 5.55. The number of carbonyl (C=O) groups is 1. The first-order valence-electron chi connectivity index (χ1n) is 2.72. The number of hydrogen-bond donors (Lipinski definition) is 0. The van der Waals surface area contributed by atoms with Crippen LogP contribution in [-0.2, 0) is 9.53 Å². The van der Waals surface area contributed by atoms with Crippen LogP contribution in [0.4, 0.5) is 0 Å². The molecule has 0 saturated carbocycles. The van der Waals surface area contributed by atoms with Crippen LogP contribution in [0.5, 0.6) is 0 Å². The summed E-state index contributed by atoms with van der Waals surface area (Å²) in [6.45, 7) is 0. The van der Waals surface area contributed by atoms with Crippen LogP contribution in [0.1, 0.15) is 12.8 Å². The molecule has 0 heterocycles. The van der Waals surface area contributed by atoms with E-state index in [-0.39, 0.29) is 6.10 Å². The highest BCUT2D eigenvalue weighted by atomic mass is 16.5. The van der Waals surface area contributed by atoms with Crippen molar-refractivity contribution in [1.82, 2.24) is 0 Å². The third-order valence-corrected chi connectivity index (χ3v) is 1.01. The number of aldehydes is 1. The molecule has 0 fully saturated rings. The van der Waals surface area contributed by atoms with Gasteiger partial charge < -0.3 is 9.53 Å². The molecular formula is C7H9O2. The Balaban J connectivity index is 3.33. The fraction of sp³-hybridized carbons (Fsp3) is 0.571. The third kappa shape index (κ3) is 3.75. The van der Waals surface area contributed by atoms with Gasteiger partial charge in [0, 0.05) is 13.5 Å². The minimum Gasteiger partial charge on any atom is -0.374 e. The number of ether oxygens (including phenoxy) is 1. The van der Waals surface area contributed by atoms with Gasteiger partial charge in [0.05, 0.1) is 0 Å². The van der Waals surface area contributed by atoms with Crippen molar-refractivity contribution in [3.05, 3.63) is 6.42 Å². The molecule has 0 aliphatic rings. The number of hydrogen-bond acceptors (Lipinski definition) is 2. The molecule has 0 bridgehead atoms. The van der Waals surface area contributed by atoms with Crippen LogP contribution < -0.4 is 0 Å². The molecule has 0 rings (SSSR count). The molecule has 0 aliphatic heterocycles. The van der Waals surface area contributed by atoms with Gasteiger partial charge in [-0.15, -0.1) is 0 Å². The lowest BCUT2D eigenvalue weighted by Gasteiger charge is -2.02. The lowest BCUT2D eigenvalue weighted by atomic mass is 10.2. The molecule has 0 N–H and O–H groups in total.